The van der Waals surface area contributed by atoms with Crippen molar-refractivity contribution < 1.29 is 37.3 Å². The standard InChI is InChI=1S/C30H66O3PSi.HI/c1-7-10-13-16-19-22-26-34(27-23-20-17-14-11-8-2,28-24-21-18-15-12-9-3)29-25-30-35(31-4,32-5)33-6;/h7-30H2,1-6H3;1H/q+1;/p-1. The molecule has 0 aliphatic heterocycles. The SMILES string of the molecule is CCCCCCCC[P+](CCCCCCCC)(CCCCCCCC)CCC[Si](OC)(OC)OC.[I-]. The van der Waals surface area contributed by atoms with Gasteiger partial charge in [0.1, 0.15) is 0 Å². The molecule has 3 nitrogen and oxygen atoms in total. The van der Waals surface area contributed by atoms with E-state index in [1.165, 1.54) is 147 Å². The summed E-state index contributed by atoms with van der Waals surface area (Å²) in [5.41, 5.74) is 0. The molecular weight excluding hydrogens is 594 g/mol. The van der Waals surface area contributed by atoms with E-state index in [9.17, 15) is 0 Å². The van der Waals surface area contributed by atoms with E-state index in [0.29, 0.717) is 0 Å². The smallest absolute Gasteiger partial charge is 0.500 e. The second-order valence-electron chi connectivity index (χ2n) is 10.9. The predicted octanol–water partition coefficient (Wildman–Crippen LogP) is 7.36. The van der Waals surface area contributed by atoms with Gasteiger partial charge in [0.15, 0.2) is 0 Å². The van der Waals surface area contributed by atoms with Crippen molar-refractivity contribution in [1.82, 2.24) is 0 Å². The zero-order valence-electron chi connectivity index (χ0n) is 25.5. The molecule has 0 unspecified atom stereocenters. The number of unbranched alkanes of at least 4 members (excludes halogenated alkanes) is 15. The predicted molar refractivity (Wildman–Crippen MR) is 163 cm³/mol. The molecule has 0 aliphatic carbocycles. The van der Waals surface area contributed by atoms with E-state index in [1.54, 1.807) is 21.3 Å². The molecule has 0 saturated carbocycles. The average molecular weight is 661 g/mol. The highest BCUT2D eigenvalue weighted by Crippen LogP contribution is 2.61. The van der Waals surface area contributed by atoms with Gasteiger partial charge < -0.3 is 37.3 Å². The first-order valence-electron chi connectivity index (χ1n) is 15.6. The van der Waals surface area contributed by atoms with Crippen LogP contribution in [0.4, 0.5) is 0 Å². The van der Waals surface area contributed by atoms with Gasteiger partial charge in [0, 0.05) is 34.6 Å². The minimum absolute atomic E-state index is 0. The van der Waals surface area contributed by atoms with Crippen LogP contribution in [0.3, 0.4) is 0 Å². The van der Waals surface area contributed by atoms with Crippen molar-refractivity contribution in [3.63, 3.8) is 0 Å². The Kier molecular flexibility index (Phi) is 30.4. The van der Waals surface area contributed by atoms with E-state index in [0.717, 1.165) is 6.04 Å². The maximum absolute atomic E-state index is 5.77. The molecule has 220 valence electrons. The van der Waals surface area contributed by atoms with Crippen LogP contribution in [0.1, 0.15) is 143 Å². The third-order valence-corrected chi connectivity index (χ3v) is 15.9. The van der Waals surface area contributed by atoms with Crippen molar-refractivity contribution in [2.75, 3.05) is 46.0 Å². The Balaban J connectivity index is 0. The molecule has 0 atom stereocenters. The number of rotatable bonds is 28. The first kappa shape index (κ1) is 39.4. The maximum Gasteiger partial charge on any atom is 0.500 e. The quantitative estimate of drug-likeness (QED) is 0.0380. The van der Waals surface area contributed by atoms with Gasteiger partial charge in [0.2, 0.25) is 0 Å². The zero-order chi connectivity index (χ0) is 26.1. The molecule has 0 heterocycles. The van der Waals surface area contributed by atoms with Crippen LogP contribution in [0.5, 0.6) is 0 Å². The Morgan fingerprint density at radius 2 is 0.694 bits per heavy atom. The molecule has 6 heteroatoms. The summed E-state index contributed by atoms with van der Waals surface area (Å²) in [6.45, 7) is 6.96. The van der Waals surface area contributed by atoms with Gasteiger partial charge in [-0.1, -0.05) is 97.8 Å². The van der Waals surface area contributed by atoms with Crippen molar-refractivity contribution >= 4 is 16.1 Å². The fourth-order valence-corrected chi connectivity index (χ4v) is 12.4. The topological polar surface area (TPSA) is 27.7 Å². The molecular formula is C30H66IO3PSi. The highest BCUT2D eigenvalue weighted by molar-refractivity contribution is 7.75. The van der Waals surface area contributed by atoms with Crippen LogP contribution in [0.25, 0.3) is 0 Å². The molecule has 36 heavy (non-hydrogen) atoms. The van der Waals surface area contributed by atoms with Crippen molar-refractivity contribution in [2.24, 2.45) is 0 Å². The largest absolute Gasteiger partial charge is 1.00 e. The molecule has 0 saturated heterocycles. The van der Waals surface area contributed by atoms with Crippen LogP contribution in [0.2, 0.25) is 6.04 Å². The Labute approximate surface area is 247 Å². The van der Waals surface area contributed by atoms with Gasteiger partial charge in [0.05, 0.1) is 24.6 Å². The first-order valence-corrected chi connectivity index (χ1v) is 20.0. The summed E-state index contributed by atoms with van der Waals surface area (Å²) in [5, 5.41) is 0. The van der Waals surface area contributed by atoms with E-state index in [2.05, 4.69) is 20.8 Å². The normalized spacial score (nSPS) is 12.2. The lowest BCUT2D eigenvalue weighted by atomic mass is 10.1. The third kappa shape index (κ3) is 20.2. The molecule has 0 rings (SSSR count). The van der Waals surface area contributed by atoms with E-state index in [-0.39, 0.29) is 24.0 Å². The van der Waals surface area contributed by atoms with Crippen molar-refractivity contribution in [3.8, 4) is 0 Å². The van der Waals surface area contributed by atoms with Crippen LogP contribution in [-0.4, -0.2) is 54.8 Å². The molecule has 0 aliphatic rings. The van der Waals surface area contributed by atoms with Crippen molar-refractivity contribution in [2.45, 2.75) is 149 Å². The van der Waals surface area contributed by atoms with Crippen LogP contribution in [0.15, 0.2) is 0 Å². The van der Waals surface area contributed by atoms with Crippen molar-refractivity contribution in [1.29, 1.82) is 0 Å². The molecule has 0 amide bonds. The second-order valence-corrected chi connectivity index (χ2v) is 18.5. The van der Waals surface area contributed by atoms with Crippen LogP contribution in [0, 0.1) is 0 Å². The lowest BCUT2D eigenvalue weighted by molar-refractivity contribution is -0.0000125. The summed E-state index contributed by atoms with van der Waals surface area (Å²) >= 11 is 0. The molecule has 0 spiro atoms. The summed E-state index contributed by atoms with van der Waals surface area (Å²) < 4.78 is 17.3. The summed E-state index contributed by atoms with van der Waals surface area (Å²) in [6.07, 6.45) is 32.8. The molecule has 0 aromatic rings. The monoisotopic (exact) mass is 660 g/mol. The minimum atomic E-state index is -2.46. The Morgan fingerprint density at radius 3 is 1.00 bits per heavy atom. The number of halogens is 1. The zero-order valence-corrected chi connectivity index (χ0v) is 29.6. The highest BCUT2D eigenvalue weighted by atomic mass is 127. The molecule has 0 aromatic heterocycles. The van der Waals surface area contributed by atoms with Gasteiger partial charge in [0.25, 0.3) is 0 Å². The summed E-state index contributed by atoms with van der Waals surface area (Å²) in [6, 6.07) is 0.974. The van der Waals surface area contributed by atoms with Gasteiger partial charge in [-0.2, -0.15) is 0 Å². The Hall–Kier alpha value is 1.26. The van der Waals surface area contributed by atoms with Crippen LogP contribution < -0.4 is 24.0 Å². The van der Waals surface area contributed by atoms with Gasteiger partial charge in [-0.25, -0.2) is 0 Å². The molecule has 0 radical (unpaired) electrons. The Bertz CT molecular complexity index is 389. The number of hydrogen-bond acceptors (Lipinski definition) is 3. The van der Waals surface area contributed by atoms with E-state index in [4.69, 9.17) is 13.3 Å². The third-order valence-electron chi connectivity index (χ3n) is 8.01. The van der Waals surface area contributed by atoms with E-state index >= 15 is 0 Å². The highest BCUT2D eigenvalue weighted by Gasteiger charge is 2.41. The summed E-state index contributed by atoms with van der Waals surface area (Å²) in [4.78, 5) is 0. The van der Waals surface area contributed by atoms with Crippen LogP contribution >= 0.6 is 7.26 Å². The Morgan fingerprint density at radius 1 is 0.417 bits per heavy atom. The molecule has 0 N–H and O–H groups in total. The lowest BCUT2D eigenvalue weighted by Crippen LogP contribution is -3.00. The van der Waals surface area contributed by atoms with Gasteiger partial charge in [-0.15, -0.1) is 0 Å². The average Bonchev–Trinajstić information content (AvgIpc) is 2.88. The molecule has 0 aromatic carbocycles. The summed E-state index contributed by atoms with van der Waals surface area (Å²) in [7, 11) is 1.92. The number of hydrogen-bond donors (Lipinski definition) is 0. The lowest BCUT2D eigenvalue weighted by Gasteiger charge is -2.30. The second kappa shape index (κ2) is 27.8. The maximum atomic E-state index is 5.77. The fraction of sp³-hybridized carbons (Fsp3) is 1.00. The van der Waals surface area contributed by atoms with E-state index < -0.39 is 16.1 Å². The first-order chi connectivity index (χ1) is 17.1. The van der Waals surface area contributed by atoms with Crippen molar-refractivity contribution in [3.05, 3.63) is 0 Å². The molecule has 0 bridgehead atoms. The fourth-order valence-electron chi connectivity index (χ4n) is 5.54. The van der Waals surface area contributed by atoms with Gasteiger partial charge in [-0.05, 0) is 44.9 Å². The minimum Gasteiger partial charge on any atom is -1.00 e. The molecule has 0 fully saturated rings. The van der Waals surface area contributed by atoms with E-state index in [1.807, 2.05) is 0 Å². The van der Waals surface area contributed by atoms with Gasteiger partial charge >= 0.3 is 8.80 Å². The van der Waals surface area contributed by atoms with Crippen LogP contribution in [-0.2, 0) is 13.3 Å². The summed E-state index contributed by atoms with van der Waals surface area (Å²) in [5.74, 6) is 0. The van der Waals surface area contributed by atoms with Gasteiger partial charge in [-0.3, -0.25) is 0 Å².